The van der Waals surface area contributed by atoms with E-state index in [4.69, 9.17) is 4.74 Å². The van der Waals surface area contributed by atoms with Gasteiger partial charge in [0.2, 0.25) is 10.0 Å². The summed E-state index contributed by atoms with van der Waals surface area (Å²) in [7, 11) is -2.12. The summed E-state index contributed by atoms with van der Waals surface area (Å²) in [6, 6.07) is 7.41. The van der Waals surface area contributed by atoms with Crippen LogP contribution in [0.2, 0.25) is 0 Å². The molecular weight excluding hydrogens is 294 g/mol. The number of benzene rings is 1. The summed E-state index contributed by atoms with van der Waals surface area (Å²) < 4.78 is 36.1. The summed E-state index contributed by atoms with van der Waals surface area (Å²) in [6.07, 6.45) is 0.366. The number of fused-ring (bicyclic) bond motifs is 1. The molecule has 0 amide bonds. The zero-order valence-electron chi connectivity index (χ0n) is 11.9. The van der Waals surface area contributed by atoms with Gasteiger partial charge >= 0.3 is 5.97 Å². The first-order chi connectivity index (χ1) is 10.0. The topological polar surface area (TPSA) is 72.9 Å². The molecule has 1 aliphatic rings. The second-order valence-corrected chi connectivity index (χ2v) is 6.87. The van der Waals surface area contributed by atoms with Crippen LogP contribution in [0.25, 0.3) is 0 Å². The van der Waals surface area contributed by atoms with E-state index in [9.17, 15) is 13.2 Å². The lowest BCUT2D eigenvalue weighted by molar-refractivity contribution is -0.140. The van der Waals surface area contributed by atoms with E-state index in [0.717, 1.165) is 11.3 Å². The van der Waals surface area contributed by atoms with E-state index in [1.54, 1.807) is 0 Å². The van der Waals surface area contributed by atoms with Crippen LogP contribution < -0.4 is 4.74 Å². The molecule has 0 radical (unpaired) electrons. The maximum Gasteiger partial charge on any atom is 0.305 e. The number of para-hydroxylation sites is 1. The number of sulfonamides is 1. The van der Waals surface area contributed by atoms with Crippen LogP contribution in [0.4, 0.5) is 0 Å². The minimum atomic E-state index is -3.41. The van der Waals surface area contributed by atoms with Gasteiger partial charge in [-0.1, -0.05) is 18.2 Å². The number of carbonyl (C=O) groups is 1. The molecule has 0 aromatic heterocycles. The Morgan fingerprint density at radius 2 is 2.14 bits per heavy atom. The van der Waals surface area contributed by atoms with Crippen LogP contribution in [0.5, 0.6) is 5.75 Å². The van der Waals surface area contributed by atoms with Crippen molar-refractivity contribution in [2.45, 2.75) is 19.4 Å². The quantitative estimate of drug-likeness (QED) is 0.763. The predicted molar refractivity (Wildman–Crippen MR) is 77.4 cm³/mol. The van der Waals surface area contributed by atoms with Gasteiger partial charge in [0, 0.05) is 25.1 Å². The summed E-state index contributed by atoms with van der Waals surface area (Å²) in [6.45, 7) is 0.944. The van der Waals surface area contributed by atoms with Gasteiger partial charge in [-0.15, -0.1) is 0 Å². The first kappa shape index (κ1) is 15.8. The molecule has 0 atom stereocenters. The Morgan fingerprint density at radius 3 is 2.90 bits per heavy atom. The van der Waals surface area contributed by atoms with Crippen molar-refractivity contribution < 1.29 is 22.7 Å². The van der Waals surface area contributed by atoms with E-state index in [0.29, 0.717) is 19.7 Å². The number of hydrogen-bond donors (Lipinski definition) is 0. The fourth-order valence-electron chi connectivity index (χ4n) is 2.17. The normalized spacial score (nSPS) is 15.7. The van der Waals surface area contributed by atoms with Gasteiger partial charge in [0.15, 0.2) is 0 Å². The largest absolute Gasteiger partial charge is 0.492 e. The molecule has 1 aliphatic heterocycles. The molecule has 7 heteroatoms. The van der Waals surface area contributed by atoms with Gasteiger partial charge in [0.05, 0.1) is 12.9 Å². The molecule has 0 N–H and O–H groups in total. The number of rotatable bonds is 5. The van der Waals surface area contributed by atoms with Gasteiger partial charge in [0.25, 0.3) is 0 Å². The molecule has 0 spiro atoms. The molecule has 0 bridgehead atoms. The van der Waals surface area contributed by atoms with Gasteiger partial charge in [-0.05, 0) is 12.5 Å². The Hall–Kier alpha value is -1.60. The molecular formula is C14H19NO5S. The van der Waals surface area contributed by atoms with Crippen molar-refractivity contribution >= 4 is 16.0 Å². The van der Waals surface area contributed by atoms with Crippen molar-refractivity contribution in [2.24, 2.45) is 0 Å². The zero-order chi connectivity index (χ0) is 15.3. The maximum absolute atomic E-state index is 12.3. The minimum absolute atomic E-state index is 0.0652. The SMILES string of the molecule is COC(=O)CCCS(=O)(=O)N1CCOc2ccccc2C1. The standard InChI is InChI=1S/C14H19NO5S/c1-19-14(16)7-4-10-21(17,18)15-8-9-20-13-6-3-2-5-12(13)11-15/h2-3,5-6H,4,7-11H2,1H3. The summed E-state index contributed by atoms with van der Waals surface area (Å²) in [4.78, 5) is 11.0. The van der Waals surface area contributed by atoms with Gasteiger partial charge in [-0.3, -0.25) is 4.79 Å². The van der Waals surface area contributed by atoms with E-state index in [-0.39, 0.29) is 18.6 Å². The summed E-state index contributed by atoms with van der Waals surface area (Å²) in [5.41, 5.74) is 0.853. The van der Waals surface area contributed by atoms with Crippen molar-refractivity contribution in [2.75, 3.05) is 26.0 Å². The first-order valence-electron chi connectivity index (χ1n) is 6.78. The highest BCUT2D eigenvalue weighted by atomic mass is 32.2. The van der Waals surface area contributed by atoms with Crippen LogP contribution >= 0.6 is 0 Å². The fourth-order valence-corrected chi connectivity index (χ4v) is 3.63. The second kappa shape index (κ2) is 6.91. The number of methoxy groups -OCH3 is 1. The maximum atomic E-state index is 12.3. The van der Waals surface area contributed by atoms with Crippen LogP contribution in [-0.4, -0.2) is 44.7 Å². The zero-order valence-corrected chi connectivity index (χ0v) is 12.8. The Balaban J connectivity index is 2.02. The van der Waals surface area contributed by atoms with E-state index in [1.165, 1.54) is 11.4 Å². The molecule has 0 saturated carbocycles. The Morgan fingerprint density at radius 1 is 1.38 bits per heavy atom. The highest BCUT2D eigenvalue weighted by molar-refractivity contribution is 7.89. The van der Waals surface area contributed by atoms with Gasteiger partial charge in [-0.2, -0.15) is 4.31 Å². The van der Waals surface area contributed by atoms with Gasteiger partial charge < -0.3 is 9.47 Å². The first-order valence-corrected chi connectivity index (χ1v) is 8.39. The van der Waals surface area contributed by atoms with E-state index < -0.39 is 16.0 Å². The van der Waals surface area contributed by atoms with Gasteiger partial charge in [0.1, 0.15) is 12.4 Å². The third-order valence-electron chi connectivity index (χ3n) is 3.32. The summed E-state index contributed by atoms with van der Waals surface area (Å²) in [5.74, 6) is 0.268. The number of esters is 1. The van der Waals surface area contributed by atoms with Crippen molar-refractivity contribution in [1.82, 2.24) is 4.31 Å². The lowest BCUT2D eigenvalue weighted by Gasteiger charge is -2.19. The lowest BCUT2D eigenvalue weighted by Crippen LogP contribution is -2.34. The molecule has 0 unspecified atom stereocenters. The summed E-state index contributed by atoms with van der Waals surface area (Å²) >= 11 is 0. The molecule has 21 heavy (non-hydrogen) atoms. The predicted octanol–water partition coefficient (Wildman–Crippen LogP) is 1.16. The van der Waals surface area contributed by atoms with Crippen molar-refractivity contribution in [1.29, 1.82) is 0 Å². The molecule has 1 heterocycles. The summed E-state index contributed by atoms with van der Waals surface area (Å²) in [5, 5.41) is 0. The molecule has 0 fully saturated rings. The van der Waals surface area contributed by atoms with Crippen LogP contribution in [0.15, 0.2) is 24.3 Å². The highest BCUT2D eigenvalue weighted by Crippen LogP contribution is 2.24. The molecule has 2 rings (SSSR count). The molecule has 1 aromatic carbocycles. The minimum Gasteiger partial charge on any atom is -0.492 e. The van der Waals surface area contributed by atoms with E-state index >= 15 is 0 Å². The second-order valence-electron chi connectivity index (χ2n) is 4.79. The van der Waals surface area contributed by atoms with Crippen molar-refractivity contribution in [3.8, 4) is 5.75 Å². The van der Waals surface area contributed by atoms with E-state index in [1.807, 2.05) is 24.3 Å². The Bertz CT molecular complexity index is 599. The molecule has 6 nitrogen and oxygen atoms in total. The third kappa shape index (κ3) is 4.18. The van der Waals surface area contributed by atoms with Crippen LogP contribution in [-0.2, 0) is 26.1 Å². The third-order valence-corrected chi connectivity index (χ3v) is 5.22. The fraction of sp³-hybridized carbons (Fsp3) is 0.500. The lowest BCUT2D eigenvalue weighted by atomic mass is 10.2. The highest BCUT2D eigenvalue weighted by Gasteiger charge is 2.25. The Kier molecular flexibility index (Phi) is 5.19. The molecule has 0 aliphatic carbocycles. The van der Waals surface area contributed by atoms with Crippen LogP contribution in [0.3, 0.4) is 0 Å². The number of hydrogen-bond acceptors (Lipinski definition) is 5. The average Bonchev–Trinajstić information content (AvgIpc) is 2.69. The number of ether oxygens (including phenoxy) is 2. The van der Waals surface area contributed by atoms with Gasteiger partial charge in [-0.25, -0.2) is 8.42 Å². The van der Waals surface area contributed by atoms with Crippen LogP contribution in [0, 0.1) is 0 Å². The average molecular weight is 313 g/mol. The number of carbonyl (C=O) groups excluding carboxylic acids is 1. The smallest absolute Gasteiger partial charge is 0.305 e. The molecule has 116 valence electrons. The molecule has 1 aromatic rings. The van der Waals surface area contributed by atoms with Crippen molar-refractivity contribution in [3.63, 3.8) is 0 Å². The van der Waals surface area contributed by atoms with Crippen molar-refractivity contribution in [3.05, 3.63) is 29.8 Å². The number of nitrogens with zero attached hydrogens (tertiary/aromatic N) is 1. The Labute approximate surface area is 124 Å². The molecule has 0 saturated heterocycles. The monoisotopic (exact) mass is 313 g/mol. The van der Waals surface area contributed by atoms with E-state index in [2.05, 4.69) is 4.74 Å². The van der Waals surface area contributed by atoms with Crippen LogP contribution in [0.1, 0.15) is 18.4 Å².